The van der Waals surface area contributed by atoms with Gasteiger partial charge in [-0.1, -0.05) is 13.3 Å². The van der Waals surface area contributed by atoms with Gasteiger partial charge in [-0.3, -0.25) is 4.79 Å². The van der Waals surface area contributed by atoms with Crippen LogP contribution in [0.2, 0.25) is 0 Å². The minimum Gasteiger partial charge on any atom is -0.347 e. The second kappa shape index (κ2) is 3.78. The van der Waals surface area contributed by atoms with Gasteiger partial charge in [0.15, 0.2) is 0 Å². The van der Waals surface area contributed by atoms with Crippen molar-refractivity contribution in [3.63, 3.8) is 0 Å². The maximum Gasteiger partial charge on any atom is 0.399 e. The second-order valence-corrected chi connectivity index (χ2v) is 3.96. The number of hydrogen-bond donors (Lipinski definition) is 1. The number of rotatable bonds is 2. The van der Waals surface area contributed by atoms with Gasteiger partial charge in [0.1, 0.15) is 0 Å². The van der Waals surface area contributed by atoms with Crippen molar-refractivity contribution in [2.45, 2.75) is 37.6 Å². The van der Waals surface area contributed by atoms with E-state index in [9.17, 15) is 13.6 Å². The summed E-state index contributed by atoms with van der Waals surface area (Å²) in [6.45, 7) is 1.93. The number of carbonyl (C=O) groups is 1. The van der Waals surface area contributed by atoms with Gasteiger partial charge in [-0.25, -0.2) is 0 Å². The zero-order valence-electron chi connectivity index (χ0n) is 7.32. The minimum absolute atomic E-state index is 0.142. The van der Waals surface area contributed by atoms with Crippen molar-refractivity contribution >= 4 is 17.5 Å². The molecule has 0 aliphatic heterocycles. The topological polar surface area (TPSA) is 29.1 Å². The number of nitrogens with one attached hydrogen (secondary N) is 1. The van der Waals surface area contributed by atoms with Crippen LogP contribution < -0.4 is 5.32 Å². The van der Waals surface area contributed by atoms with E-state index < -0.39 is 11.3 Å². The number of carbonyl (C=O) groups excluding carboxylic acids is 1. The molecule has 0 saturated heterocycles. The molecule has 1 amide bonds. The van der Waals surface area contributed by atoms with Gasteiger partial charge >= 0.3 is 11.3 Å². The fourth-order valence-corrected chi connectivity index (χ4v) is 1.66. The highest BCUT2D eigenvalue weighted by atomic mass is 35.5. The largest absolute Gasteiger partial charge is 0.399 e. The summed E-state index contributed by atoms with van der Waals surface area (Å²) >= 11 is 4.56. The second-order valence-electron chi connectivity index (χ2n) is 3.49. The van der Waals surface area contributed by atoms with E-state index >= 15 is 0 Å². The van der Waals surface area contributed by atoms with Gasteiger partial charge in [0.05, 0.1) is 0 Å². The van der Waals surface area contributed by atoms with Crippen molar-refractivity contribution in [3.05, 3.63) is 0 Å². The molecule has 0 aromatic heterocycles. The van der Waals surface area contributed by atoms with Gasteiger partial charge in [-0.05, 0) is 30.4 Å². The first-order valence-corrected chi connectivity index (χ1v) is 4.66. The van der Waals surface area contributed by atoms with E-state index in [4.69, 9.17) is 0 Å². The predicted octanol–water partition coefficient (Wildman–Crippen LogP) is 2.12. The summed E-state index contributed by atoms with van der Waals surface area (Å²) in [7, 11) is 0. The van der Waals surface area contributed by atoms with Crippen LogP contribution in [-0.2, 0) is 4.79 Å². The molecule has 1 fully saturated rings. The highest BCUT2D eigenvalue weighted by Crippen LogP contribution is 2.26. The Labute approximate surface area is 80.6 Å². The monoisotopic (exact) mass is 211 g/mol. The molecular formula is C8H12ClF2NO. The summed E-state index contributed by atoms with van der Waals surface area (Å²) < 4.78 is 24.5. The molecule has 1 aliphatic carbocycles. The molecule has 1 rings (SSSR count). The van der Waals surface area contributed by atoms with Crippen LogP contribution in [0.5, 0.6) is 0 Å². The van der Waals surface area contributed by atoms with E-state index in [1.807, 2.05) is 6.92 Å². The Morgan fingerprint density at radius 2 is 2.15 bits per heavy atom. The summed E-state index contributed by atoms with van der Waals surface area (Å²) in [4.78, 5) is 10.8. The number of hydrogen-bond acceptors (Lipinski definition) is 1. The summed E-state index contributed by atoms with van der Waals surface area (Å²) in [6, 6.07) is -0.142. The van der Waals surface area contributed by atoms with Crippen LogP contribution in [0.25, 0.3) is 0 Å². The van der Waals surface area contributed by atoms with Crippen LogP contribution in [0.3, 0.4) is 0 Å². The Hall–Kier alpha value is -0.380. The molecule has 76 valence electrons. The molecule has 2 nitrogen and oxygen atoms in total. The van der Waals surface area contributed by atoms with E-state index in [2.05, 4.69) is 16.9 Å². The molecule has 0 aromatic rings. The van der Waals surface area contributed by atoms with Crippen molar-refractivity contribution in [2.24, 2.45) is 5.92 Å². The molecule has 0 bridgehead atoms. The molecule has 5 heteroatoms. The Kier molecular flexibility index (Phi) is 3.11. The van der Waals surface area contributed by atoms with Gasteiger partial charge in [-0.2, -0.15) is 8.78 Å². The molecule has 1 N–H and O–H groups in total. The van der Waals surface area contributed by atoms with E-state index in [1.165, 1.54) is 0 Å². The fourth-order valence-electron chi connectivity index (χ4n) is 1.61. The van der Waals surface area contributed by atoms with E-state index in [-0.39, 0.29) is 12.0 Å². The Morgan fingerprint density at radius 3 is 2.54 bits per heavy atom. The van der Waals surface area contributed by atoms with Crippen LogP contribution in [-0.4, -0.2) is 17.3 Å². The first kappa shape index (κ1) is 10.7. The highest BCUT2D eigenvalue weighted by molar-refractivity contribution is 6.32. The molecule has 2 unspecified atom stereocenters. The lowest BCUT2D eigenvalue weighted by molar-refractivity contribution is -0.136. The van der Waals surface area contributed by atoms with Crippen molar-refractivity contribution in [2.75, 3.05) is 0 Å². The normalized spacial score (nSPS) is 28.9. The first-order chi connectivity index (χ1) is 5.91. The maximum atomic E-state index is 12.2. The average Bonchev–Trinajstić information content (AvgIpc) is 2.34. The minimum atomic E-state index is -3.78. The van der Waals surface area contributed by atoms with E-state index in [1.54, 1.807) is 0 Å². The molecule has 2 atom stereocenters. The average molecular weight is 212 g/mol. The van der Waals surface area contributed by atoms with Crippen molar-refractivity contribution in [1.82, 2.24) is 5.32 Å². The third kappa shape index (κ3) is 2.79. The maximum absolute atomic E-state index is 12.2. The molecular weight excluding hydrogens is 200 g/mol. The molecule has 0 radical (unpaired) electrons. The molecule has 1 saturated carbocycles. The predicted molar refractivity (Wildman–Crippen MR) is 45.7 cm³/mol. The van der Waals surface area contributed by atoms with Crippen LogP contribution >= 0.6 is 11.6 Å². The smallest absolute Gasteiger partial charge is 0.347 e. The van der Waals surface area contributed by atoms with Gasteiger partial charge in [0.2, 0.25) is 0 Å². The van der Waals surface area contributed by atoms with Crippen LogP contribution in [0.4, 0.5) is 8.78 Å². The highest BCUT2D eigenvalue weighted by Gasteiger charge is 2.38. The lowest BCUT2D eigenvalue weighted by Gasteiger charge is -2.18. The Morgan fingerprint density at radius 1 is 1.54 bits per heavy atom. The van der Waals surface area contributed by atoms with Crippen LogP contribution in [0.15, 0.2) is 0 Å². The van der Waals surface area contributed by atoms with Gasteiger partial charge < -0.3 is 5.32 Å². The summed E-state index contributed by atoms with van der Waals surface area (Å²) in [5.74, 6) is -1.11. The summed E-state index contributed by atoms with van der Waals surface area (Å²) in [6.07, 6.45) is 2.71. The zero-order valence-corrected chi connectivity index (χ0v) is 8.07. The Bertz CT molecular complexity index is 205. The van der Waals surface area contributed by atoms with E-state index in [0.29, 0.717) is 0 Å². The molecule has 0 spiro atoms. The third-order valence-corrected chi connectivity index (χ3v) is 2.61. The van der Waals surface area contributed by atoms with Gasteiger partial charge in [-0.15, -0.1) is 0 Å². The van der Waals surface area contributed by atoms with Crippen LogP contribution in [0.1, 0.15) is 26.2 Å². The van der Waals surface area contributed by atoms with Gasteiger partial charge in [0.25, 0.3) is 0 Å². The molecule has 0 heterocycles. The Balaban J connectivity index is 2.45. The number of halogens is 3. The molecule has 1 aliphatic rings. The zero-order chi connectivity index (χ0) is 10.1. The van der Waals surface area contributed by atoms with E-state index in [0.717, 1.165) is 19.3 Å². The quantitative estimate of drug-likeness (QED) is 0.697. The van der Waals surface area contributed by atoms with Crippen molar-refractivity contribution in [1.29, 1.82) is 0 Å². The van der Waals surface area contributed by atoms with Crippen molar-refractivity contribution < 1.29 is 13.6 Å². The standard InChI is InChI=1S/C8H12ClF2NO/c1-5-3-2-4-6(5)12-7(13)8(9,10)11/h5-6H,2-4H2,1H3,(H,12,13). The van der Waals surface area contributed by atoms with Gasteiger partial charge in [0, 0.05) is 6.04 Å². The summed E-state index contributed by atoms with van der Waals surface area (Å²) in [5, 5.41) is -1.53. The molecule has 0 aromatic carbocycles. The lowest BCUT2D eigenvalue weighted by Crippen LogP contribution is -2.43. The first-order valence-electron chi connectivity index (χ1n) is 4.29. The number of alkyl halides is 3. The number of amides is 1. The lowest BCUT2D eigenvalue weighted by atomic mass is 10.1. The molecule has 13 heavy (non-hydrogen) atoms. The fraction of sp³-hybridized carbons (Fsp3) is 0.875. The third-order valence-electron chi connectivity index (χ3n) is 2.44. The van der Waals surface area contributed by atoms with Crippen LogP contribution in [0, 0.1) is 5.92 Å². The SMILES string of the molecule is CC1CCCC1NC(=O)C(F)(F)Cl. The van der Waals surface area contributed by atoms with Crippen molar-refractivity contribution in [3.8, 4) is 0 Å². The summed E-state index contributed by atoms with van der Waals surface area (Å²) in [5.41, 5.74) is 0.